The van der Waals surface area contributed by atoms with Crippen LogP contribution in [0.1, 0.15) is 67.2 Å². The lowest BCUT2D eigenvalue weighted by atomic mass is 9.98. The largest absolute Gasteiger partial charge is 0.481 e. The number of amides is 7. The van der Waals surface area contributed by atoms with E-state index in [9.17, 15) is 48.5 Å². The zero-order valence-electron chi connectivity index (χ0n) is 28.7. The van der Waals surface area contributed by atoms with Gasteiger partial charge in [-0.2, -0.15) is 0 Å². The van der Waals surface area contributed by atoms with Crippen molar-refractivity contribution >= 4 is 58.7 Å². The molecule has 1 aromatic carbocycles. The Hall–Kier alpha value is -5.62. The number of hydrogen-bond acceptors (Lipinski definition) is 10. The zero-order valence-corrected chi connectivity index (χ0v) is 28.7. The zero-order chi connectivity index (χ0) is 38.3. The van der Waals surface area contributed by atoms with Gasteiger partial charge in [-0.1, -0.05) is 27.7 Å². The molecule has 5 atom stereocenters. The number of anilines is 1. The highest BCUT2D eigenvalue weighted by molar-refractivity contribution is 5.99. The Kier molecular flexibility index (Phi) is 17.0. The van der Waals surface area contributed by atoms with Crippen molar-refractivity contribution in [3.05, 3.63) is 34.4 Å². The number of carboxylic acid groups (broad SMARTS) is 1. The summed E-state index contributed by atoms with van der Waals surface area (Å²) in [6.07, 6.45) is -1.44. The number of non-ortho nitro benzene ring substituents is 1. The monoisotopic (exact) mass is 706 g/mol. The number of nitrogens with zero attached hydrogens (tertiary/aromatic N) is 1. The Morgan fingerprint density at radius 1 is 0.680 bits per heavy atom. The molecule has 0 bridgehead atoms. The summed E-state index contributed by atoms with van der Waals surface area (Å²) in [4.78, 5) is 110. The lowest BCUT2D eigenvalue weighted by molar-refractivity contribution is -0.384. The maximum Gasteiger partial charge on any atom is 0.303 e. The van der Waals surface area contributed by atoms with Gasteiger partial charge in [0.1, 0.15) is 30.2 Å². The number of benzene rings is 1. The van der Waals surface area contributed by atoms with Crippen LogP contribution in [0.15, 0.2) is 24.3 Å². The van der Waals surface area contributed by atoms with E-state index in [1.165, 1.54) is 38.1 Å². The number of rotatable bonds is 20. The lowest BCUT2D eigenvalue weighted by Crippen LogP contribution is -2.60. The highest BCUT2D eigenvalue weighted by Crippen LogP contribution is 2.15. The first-order valence-electron chi connectivity index (χ1n) is 15.8. The fraction of sp³-hybridized carbons (Fsp3) is 0.548. The Bertz CT molecular complexity index is 1430. The molecule has 50 heavy (non-hydrogen) atoms. The van der Waals surface area contributed by atoms with E-state index in [-0.39, 0.29) is 24.2 Å². The van der Waals surface area contributed by atoms with Crippen molar-refractivity contribution in [1.82, 2.24) is 26.6 Å². The molecule has 0 aliphatic rings. The Balaban J connectivity index is 2.91. The van der Waals surface area contributed by atoms with Gasteiger partial charge in [-0.15, -0.1) is 0 Å². The summed E-state index contributed by atoms with van der Waals surface area (Å²) >= 11 is 0. The summed E-state index contributed by atoms with van der Waals surface area (Å²) in [5.74, 6) is -7.47. The van der Waals surface area contributed by atoms with Crippen molar-refractivity contribution in [3.8, 4) is 0 Å². The van der Waals surface area contributed by atoms with E-state index in [0.717, 1.165) is 0 Å². The number of carbonyl (C=O) groups is 8. The number of carboxylic acids is 1. The minimum Gasteiger partial charge on any atom is -0.481 e. The van der Waals surface area contributed by atoms with E-state index in [0.29, 0.717) is 0 Å². The molecule has 19 heteroatoms. The highest BCUT2D eigenvalue weighted by atomic mass is 16.6. The van der Waals surface area contributed by atoms with Gasteiger partial charge in [0, 0.05) is 30.7 Å². The van der Waals surface area contributed by atoms with Gasteiger partial charge >= 0.3 is 5.97 Å². The molecule has 0 unspecified atom stereocenters. The fourth-order valence-electron chi connectivity index (χ4n) is 4.30. The second-order valence-electron chi connectivity index (χ2n) is 12.2. The summed E-state index contributed by atoms with van der Waals surface area (Å²) in [5, 5.41) is 34.6. The Morgan fingerprint density at radius 3 is 1.64 bits per heavy atom. The molecule has 1 aromatic rings. The summed E-state index contributed by atoms with van der Waals surface area (Å²) in [7, 11) is 0. The molecule has 0 saturated heterocycles. The normalized spacial score (nSPS) is 13.8. The second-order valence-corrected chi connectivity index (χ2v) is 12.2. The molecule has 7 amide bonds. The van der Waals surface area contributed by atoms with Crippen LogP contribution < -0.4 is 37.6 Å². The first-order chi connectivity index (χ1) is 23.2. The maximum absolute atomic E-state index is 13.4. The number of nitrogens with two attached hydrogens (primary N) is 1. The van der Waals surface area contributed by atoms with E-state index in [1.807, 2.05) is 0 Å². The smallest absolute Gasteiger partial charge is 0.303 e. The summed E-state index contributed by atoms with van der Waals surface area (Å²) < 4.78 is 0. The van der Waals surface area contributed by atoms with E-state index in [4.69, 9.17) is 10.8 Å². The van der Waals surface area contributed by atoms with Crippen molar-refractivity contribution < 1.29 is 48.4 Å². The minimum atomic E-state index is -1.32. The minimum absolute atomic E-state index is 0.170. The van der Waals surface area contributed by atoms with E-state index in [2.05, 4.69) is 31.9 Å². The third-order valence-electron chi connectivity index (χ3n) is 7.24. The van der Waals surface area contributed by atoms with Crippen LogP contribution in [0.4, 0.5) is 11.4 Å². The van der Waals surface area contributed by atoms with E-state index in [1.54, 1.807) is 27.7 Å². The van der Waals surface area contributed by atoms with Gasteiger partial charge in [0.2, 0.25) is 41.4 Å². The standard InChI is InChI=1S/C31H46N8O11/c1-15(2)25(30(47)34-17(5)27(44)33-18(6)28(45)35-19-7-9-20(10-8-19)39(49)50)38-31(48)26(16(3)4)37-29(46)21(11-12-22(32)40)36-23(41)13-14-24(42)43/h7-10,15-18,21,25-26H,11-14H2,1-6H3,(H2,32,40)(H,33,44)(H,34,47)(H,35,45)(H,36,41)(H,37,46)(H,38,48)(H,42,43)/t17-,18-,21-,25-,26-/m0/s1. The molecule has 0 spiro atoms. The SMILES string of the molecule is CC(C)[C@H](NC(=O)[C@H](CCC(N)=O)NC(=O)CCC(=O)O)C(=O)N[C@H](C(=O)N[C@@H](C)C(=O)N[C@@H](C)C(=O)Nc1ccc([N+](=O)[O-])cc1)C(C)C. The molecule has 1 rings (SSSR count). The highest BCUT2D eigenvalue weighted by Gasteiger charge is 2.33. The van der Waals surface area contributed by atoms with Gasteiger partial charge in [0.15, 0.2) is 0 Å². The van der Waals surface area contributed by atoms with Crippen LogP contribution in [-0.4, -0.2) is 87.6 Å². The van der Waals surface area contributed by atoms with Crippen LogP contribution in [0.3, 0.4) is 0 Å². The van der Waals surface area contributed by atoms with Crippen molar-refractivity contribution in [1.29, 1.82) is 0 Å². The number of primary amides is 1. The van der Waals surface area contributed by atoms with E-state index < -0.39 is 107 Å². The van der Waals surface area contributed by atoms with Gasteiger partial charge in [-0.3, -0.25) is 48.5 Å². The molecule has 9 N–H and O–H groups in total. The van der Waals surface area contributed by atoms with Gasteiger partial charge < -0.3 is 42.7 Å². The number of nitro benzene ring substituents is 1. The molecular weight excluding hydrogens is 660 g/mol. The quantitative estimate of drug-likeness (QED) is 0.0628. The lowest BCUT2D eigenvalue weighted by Gasteiger charge is -2.29. The third kappa shape index (κ3) is 14.7. The second kappa shape index (κ2) is 20.0. The number of aliphatic carboxylic acids is 1. The van der Waals surface area contributed by atoms with Crippen LogP contribution in [0, 0.1) is 22.0 Å². The predicted octanol–water partition coefficient (Wildman–Crippen LogP) is -0.561. The van der Waals surface area contributed by atoms with E-state index >= 15 is 0 Å². The molecular formula is C31H46N8O11. The summed E-state index contributed by atoms with van der Waals surface area (Å²) in [5.41, 5.74) is 5.28. The van der Waals surface area contributed by atoms with Gasteiger partial charge in [-0.25, -0.2) is 0 Å². The molecule has 0 aromatic heterocycles. The molecule has 0 aliphatic heterocycles. The number of carbonyl (C=O) groups excluding carboxylic acids is 7. The average Bonchev–Trinajstić information content (AvgIpc) is 3.02. The van der Waals surface area contributed by atoms with Crippen LogP contribution in [0.5, 0.6) is 0 Å². The van der Waals surface area contributed by atoms with Crippen molar-refractivity contribution in [3.63, 3.8) is 0 Å². The Morgan fingerprint density at radius 2 is 1.16 bits per heavy atom. The van der Waals surface area contributed by atoms with Crippen LogP contribution in [-0.2, 0) is 38.4 Å². The van der Waals surface area contributed by atoms with Crippen LogP contribution in [0.25, 0.3) is 0 Å². The predicted molar refractivity (Wildman–Crippen MR) is 178 cm³/mol. The number of nitro groups is 1. The Labute approximate surface area is 288 Å². The van der Waals surface area contributed by atoms with Crippen LogP contribution in [0.2, 0.25) is 0 Å². The van der Waals surface area contributed by atoms with Crippen molar-refractivity contribution in [2.24, 2.45) is 17.6 Å². The molecule has 0 radical (unpaired) electrons. The molecule has 0 heterocycles. The molecule has 0 fully saturated rings. The maximum atomic E-state index is 13.4. The van der Waals surface area contributed by atoms with Gasteiger partial charge in [0.25, 0.3) is 5.69 Å². The fourth-order valence-corrected chi connectivity index (χ4v) is 4.30. The number of nitrogens with one attached hydrogen (secondary N) is 6. The van der Waals surface area contributed by atoms with Gasteiger partial charge in [0.05, 0.1) is 11.3 Å². The molecule has 19 nitrogen and oxygen atoms in total. The van der Waals surface area contributed by atoms with Crippen molar-refractivity contribution in [2.75, 3.05) is 5.32 Å². The average molecular weight is 707 g/mol. The summed E-state index contributed by atoms with van der Waals surface area (Å²) in [6.45, 7) is 9.26. The molecule has 276 valence electrons. The van der Waals surface area contributed by atoms with Crippen molar-refractivity contribution in [2.45, 2.75) is 97.4 Å². The molecule has 0 saturated carbocycles. The topological polar surface area (TPSA) is 298 Å². The number of hydrogen-bond donors (Lipinski definition) is 8. The molecule has 0 aliphatic carbocycles. The first kappa shape index (κ1) is 42.4. The summed E-state index contributed by atoms with van der Waals surface area (Å²) in [6, 6.07) is -0.891. The van der Waals surface area contributed by atoms with Gasteiger partial charge in [-0.05, 0) is 44.2 Å². The third-order valence-corrected chi connectivity index (χ3v) is 7.24. The first-order valence-corrected chi connectivity index (χ1v) is 15.8. The van der Waals surface area contributed by atoms with Crippen LogP contribution >= 0.6 is 0 Å².